The molecule has 0 fully saturated rings. The summed E-state index contributed by atoms with van der Waals surface area (Å²) in [4.78, 5) is 25.3. The Morgan fingerprint density at radius 3 is 2.50 bits per heavy atom. The maximum absolute atomic E-state index is 12.5. The van der Waals surface area contributed by atoms with Crippen molar-refractivity contribution >= 4 is 40.6 Å². The lowest BCUT2D eigenvalue weighted by Gasteiger charge is -2.25. The van der Waals surface area contributed by atoms with Crippen molar-refractivity contribution in [2.45, 2.75) is 38.8 Å². The first kappa shape index (κ1) is 15.3. The van der Waals surface area contributed by atoms with Crippen LogP contribution in [0.25, 0.3) is 0 Å². The SMILES string of the molecule is CC(=O)CC1(O)C(=O)N(C(C)C)c2c1ccc(Cl)c2Cl. The zero-order chi connectivity index (χ0) is 15.2. The average molecular weight is 316 g/mol. The van der Waals surface area contributed by atoms with Gasteiger partial charge >= 0.3 is 0 Å². The van der Waals surface area contributed by atoms with E-state index in [2.05, 4.69) is 0 Å². The van der Waals surface area contributed by atoms with Gasteiger partial charge in [-0.2, -0.15) is 0 Å². The van der Waals surface area contributed by atoms with Gasteiger partial charge in [0.05, 0.1) is 15.7 Å². The topological polar surface area (TPSA) is 57.6 Å². The van der Waals surface area contributed by atoms with Crippen LogP contribution in [0.1, 0.15) is 32.8 Å². The number of nitrogens with zero attached hydrogens (tertiary/aromatic N) is 1. The minimum absolute atomic E-state index is 0.210. The fraction of sp³-hybridized carbons (Fsp3) is 0.429. The third-order valence-corrected chi connectivity index (χ3v) is 4.14. The van der Waals surface area contributed by atoms with Crippen molar-refractivity contribution < 1.29 is 14.7 Å². The Bertz CT molecular complexity index is 600. The van der Waals surface area contributed by atoms with Gasteiger partial charge in [-0.1, -0.05) is 29.3 Å². The molecule has 6 heteroatoms. The second kappa shape index (κ2) is 5.02. The van der Waals surface area contributed by atoms with Crippen molar-refractivity contribution in [3.8, 4) is 0 Å². The van der Waals surface area contributed by atoms with Crippen molar-refractivity contribution in [2.24, 2.45) is 0 Å². The van der Waals surface area contributed by atoms with Crippen LogP contribution in [0.5, 0.6) is 0 Å². The molecular formula is C14H15Cl2NO3. The summed E-state index contributed by atoms with van der Waals surface area (Å²) < 4.78 is 0. The quantitative estimate of drug-likeness (QED) is 0.933. The Hall–Kier alpha value is -1.10. The van der Waals surface area contributed by atoms with Gasteiger partial charge in [-0.15, -0.1) is 0 Å². The molecule has 1 N–H and O–H groups in total. The zero-order valence-corrected chi connectivity index (χ0v) is 12.9. The fourth-order valence-electron chi connectivity index (χ4n) is 2.55. The number of anilines is 1. The Kier molecular flexibility index (Phi) is 3.84. The summed E-state index contributed by atoms with van der Waals surface area (Å²) in [5.41, 5.74) is -1.14. The molecule has 1 aromatic rings. The van der Waals surface area contributed by atoms with E-state index in [-0.39, 0.29) is 23.3 Å². The van der Waals surface area contributed by atoms with E-state index in [4.69, 9.17) is 23.2 Å². The van der Waals surface area contributed by atoms with Crippen LogP contribution in [0.2, 0.25) is 10.0 Å². The molecule has 1 unspecified atom stereocenters. The first-order valence-corrected chi connectivity index (χ1v) is 6.99. The molecular weight excluding hydrogens is 301 g/mol. The van der Waals surface area contributed by atoms with Crippen molar-refractivity contribution in [2.75, 3.05) is 4.90 Å². The molecule has 0 bridgehead atoms. The second-order valence-corrected chi connectivity index (χ2v) is 6.05. The lowest BCUT2D eigenvalue weighted by molar-refractivity contribution is -0.141. The summed E-state index contributed by atoms with van der Waals surface area (Å²) in [6.45, 7) is 4.94. The standard InChI is InChI=1S/C14H15Cl2NO3/c1-7(2)17-12-9(4-5-10(15)11(12)16)14(20,13(17)19)6-8(3)18/h4-5,7,20H,6H2,1-3H3. The highest BCUT2D eigenvalue weighted by molar-refractivity contribution is 6.44. The van der Waals surface area contributed by atoms with Crippen LogP contribution in [-0.2, 0) is 15.2 Å². The summed E-state index contributed by atoms with van der Waals surface area (Å²) in [5.74, 6) is -0.814. The van der Waals surface area contributed by atoms with Gasteiger partial charge in [0.1, 0.15) is 5.78 Å². The summed E-state index contributed by atoms with van der Waals surface area (Å²) in [7, 11) is 0. The molecule has 0 spiro atoms. The summed E-state index contributed by atoms with van der Waals surface area (Å²) in [5, 5.41) is 11.2. The highest BCUT2D eigenvalue weighted by Gasteiger charge is 2.52. The number of carbonyl (C=O) groups excluding carboxylic acids is 2. The average Bonchev–Trinajstić information content (AvgIpc) is 2.53. The number of ketones is 1. The number of amides is 1. The predicted molar refractivity (Wildman–Crippen MR) is 78.3 cm³/mol. The molecule has 1 atom stereocenters. The number of hydrogen-bond acceptors (Lipinski definition) is 3. The van der Waals surface area contributed by atoms with Gasteiger partial charge in [0, 0.05) is 18.0 Å². The Morgan fingerprint density at radius 2 is 2.00 bits per heavy atom. The molecule has 108 valence electrons. The largest absolute Gasteiger partial charge is 0.375 e. The fourth-order valence-corrected chi connectivity index (χ4v) is 2.96. The number of Topliss-reactive ketones (excluding diaryl/α,β-unsaturated/α-hetero) is 1. The summed E-state index contributed by atoms with van der Waals surface area (Å²) in [6, 6.07) is 2.86. The predicted octanol–water partition coefficient (Wildman–Crippen LogP) is 2.92. The molecule has 1 aliphatic heterocycles. The van der Waals surface area contributed by atoms with E-state index in [1.165, 1.54) is 17.9 Å². The normalized spacial score (nSPS) is 21.6. The van der Waals surface area contributed by atoms with E-state index >= 15 is 0 Å². The van der Waals surface area contributed by atoms with Gasteiger partial charge in [-0.25, -0.2) is 0 Å². The number of carbonyl (C=O) groups is 2. The number of halogens is 2. The Balaban J connectivity index is 2.71. The molecule has 1 amide bonds. The Labute approximate surface area is 127 Å². The van der Waals surface area contributed by atoms with Gasteiger partial charge in [0.2, 0.25) is 0 Å². The maximum Gasteiger partial charge on any atom is 0.264 e. The van der Waals surface area contributed by atoms with Crippen LogP contribution in [0.3, 0.4) is 0 Å². The summed E-state index contributed by atoms with van der Waals surface area (Å²) >= 11 is 12.2. The molecule has 1 aliphatic rings. The van der Waals surface area contributed by atoms with E-state index in [1.807, 2.05) is 0 Å². The van der Waals surface area contributed by atoms with Crippen LogP contribution in [0.15, 0.2) is 12.1 Å². The second-order valence-electron chi connectivity index (χ2n) is 5.27. The summed E-state index contributed by atoms with van der Waals surface area (Å²) in [6.07, 6.45) is -0.278. The van der Waals surface area contributed by atoms with E-state index in [0.29, 0.717) is 16.3 Å². The van der Waals surface area contributed by atoms with Gasteiger partial charge in [0.15, 0.2) is 5.60 Å². The number of fused-ring (bicyclic) bond motifs is 1. The third-order valence-electron chi connectivity index (χ3n) is 3.35. The highest BCUT2D eigenvalue weighted by Crippen LogP contribution is 2.49. The maximum atomic E-state index is 12.5. The van der Waals surface area contributed by atoms with Crippen molar-refractivity contribution in [3.05, 3.63) is 27.7 Å². The highest BCUT2D eigenvalue weighted by atomic mass is 35.5. The number of hydrogen-bond donors (Lipinski definition) is 1. The molecule has 0 saturated carbocycles. The smallest absolute Gasteiger partial charge is 0.264 e. The molecule has 20 heavy (non-hydrogen) atoms. The zero-order valence-electron chi connectivity index (χ0n) is 11.4. The van der Waals surface area contributed by atoms with Crippen LogP contribution < -0.4 is 4.90 Å². The van der Waals surface area contributed by atoms with E-state index in [0.717, 1.165) is 0 Å². The van der Waals surface area contributed by atoms with Crippen LogP contribution >= 0.6 is 23.2 Å². The van der Waals surface area contributed by atoms with E-state index in [1.54, 1.807) is 19.9 Å². The van der Waals surface area contributed by atoms with Crippen LogP contribution in [0, 0.1) is 0 Å². The van der Waals surface area contributed by atoms with Crippen LogP contribution in [0.4, 0.5) is 5.69 Å². The number of benzene rings is 1. The van der Waals surface area contributed by atoms with Crippen molar-refractivity contribution in [1.29, 1.82) is 0 Å². The van der Waals surface area contributed by atoms with Gasteiger partial charge in [0.25, 0.3) is 5.91 Å². The first-order valence-electron chi connectivity index (χ1n) is 6.24. The molecule has 2 rings (SSSR count). The van der Waals surface area contributed by atoms with Crippen molar-refractivity contribution in [3.63, 3.8) is 0 Å². The lowest BCUT2D eigenvalue weighted by atomic mass is 9.90. The molecule has 1 heterocycles. The first-order chi connectivity index (χ1) is 9.20. The lowest BCUT2D eigenvalue weighted by Crippen LogP contribution is -2.44. The molecule has 0 aromatic heterocycles. The minimum Gasteiger partial charge on any atom is -0.375 e. The van der Waals surface area contributed by atoms with Crippen molar-refractivity contribution in [1.82, 2.24) is 0 Å². The molecule has 1 aromatic carbocycles. The van der Waals surface area contributed by atoms with Gasteiger partial charge < -0.3 is 10.0 Å². The molecule has 4 nitrogen and oxygen atoms in total. The van der Waals surface area contributed by atoms with E-state index < -0.39 is 11.5 Å². The molecule has 0 saturated heterocycles. The third kappa shape index (κ3) is 2.12. The van der Waals surface area contributed by atoms with Crippen LogP contribution in [-0.4, -0.2) is 22.8 Å². The number of aliphatic hydroxyl groups is 1. The molecule has 0 radical (unpaired) electrons. The monoisotopic (exact) mass is 315 g/mol. The van der Waals surface area contributed by atoms with Gasteiger partial charge in [-0.05, 0) is 26.8 Å². The minimum atomic E-state index is -1.86. The van der Waals surface area contributed by atoms with Gasteiger partial charge in [-0.3, -0.25) is 9.59 Å². The molecule has 0 aliphatic carbocycles. The van der Waals surface area contributed by atoms with E-state index in [9.17, 15) is 14.7 Å². The number of rotatable bonds is 3. The Morgan fingerprint density at radius 1 is 1.40 bits per heavy atom.